The highest BCUT2D eigenvalue weighted by Gasteiger charge is 2.30. The number of rotatable bonds is 5. The second kappa shape index (κ2) is 8.34. The summed E-state index contributed by atoms with van der Waals surface area (Å²) in [5, 5.41) is 7.98. The van der Waals surface area contributed by atoms with E-state index in [1.165, 1.54) is 37.1 Å². The average molecular weight is 506 g/mol. The third-order valence-corrected chi connectivity index (χ3v) is 7.70. The number of hydrogen-bond acceptors (Lipinski definition) is 7. The van der Waals surface area contributed by atoms with Gasteiger partial charge in [0.15, 0.2) is 15.8 Å². The molecule has 0 unspecified atom stereocenters. The monoisotopic (exact) mass is 505 g/mol. The number of sulfonamides is 1. The lowest BCUT2D eigenvalue weighted by atomic mass is 10.1. The molecular weight excluding hydrogens is 485 g/mol. The van der Waals surface area contributed by atoms with Gasteiger partial charge in [-0.3, -0.25) is 9.59 Å². The Morgan fingerprint density at radius 1 is 1.32 bits per heavy atom. The summed E-state index contributed by atoms with van der Waals surface area (Å²) in [5.41, 5.74) is 1.47. The van der Waals surface area contributed by atoms with E-state index in [0.717, 1.165) is 5.56 Å². The van der Waals surface area contributed by atoms with Crippen LogP contribution in [0, 0.1) is 19.7 Å². The first-order chi connectivity index (χ1) is 15.9. The Bertz CT molecular complexity index is 1640. The second-order valence-corrected chi connectivity index (χ2v) is 10.4. The minimum absolute atomic E-state index is 0.0614. The number of carbonyl (C=O) groups excluding carboxylic acids is 1. The zero-order valence-corrected chi connectivity index (χ0v) is 20.1. The van der Waals surface area contributed by atoms with Crippen molar-refractivity contribution in [1.29, 1.82) is 0 Å². The van der Waals surface area contributed by atoms with Crippen molar-refractivity contribution >= 4 is 38.2 Å². The number of hydrogen-bond donors (Lipinski definition) is 3. The lowest BCUT2D eigenvalue weighted by Gasteiger charge is -2.10. The number of nitrogens with two attached hydrogens (primary N) is 1. The zero-order valence-electron chi connectivity index (χ0n) is 18.5. The maximum absolute atomic E-state index is 15.4. The number of amides is 1. The summed E-state index contributed by atoms with van der Waals surface area (Å²) in [6.07, 6.45) is 2.94. The molecule has 178 valence electrons. The quantitative estimate of drug-likeness (QED) is 0.379. The first-order valence-electron chi connectivity index (χ1n) is 9.83. The molecule has 1 amide bonds. The molecule has 0 aromatic carbocycles. The number of aryl methyl sites for hydroxylation is 3. The molecule has 4 aromatic rings. The van der Waals surface area contributed by atoms with Crippen molar-refractivity contribution < 1.29 is 22.3 Å². The summed E-state index contributed by atoms with van der Waals surface area (Å²) in [4.78, 5) is 31.9. The highest BCUT2D eigenvalue weighted by atomic mass is 32.2. The molecule has 0 aliphatic heterocycles. The molecule has 10 nitrogen and oxygen atoms in total. The number of halogens is 1. The van der Waals surface area contributed by atoms with Gasteiger partial charge >= 0.3 is 0 Å². The van der Waals surface area contributed by atoms with Gasteiger partial charge in [0.25, 0.3) is 21.5 Å². The highest BCUT2D eigenvalue weighted by Crippen LogP contribution is 2.46. The van der Waals surface area contributed by atoms with E-state index in [4.69, 9.17) is 9.88 Å². The van der Waals surface area contributed by atoms with Gasteiger partial charge in [-0.15, -0.1) is 11.3 Å². The van der Waals surface area contributed by atoms with Crippen LogP contribution in [0.4, 0.5) is 4.39 Å². The first kappa shape index (κ1) is 23.6. The van der Waals surface area contributed by atoms with E-state index in [9.17, 15) is 18.0 Å². The van der Waals surface area contributed by atoms with Crippen LogP contribution in [0.5, 0.6) is 11.6 Å². The van der Waals surface area contributed by atoms with Gasteiger partial charge in [-0.05, 0) is 31.5 Å². The van der Waals surface area contributed by atoms with Gasteiger partial charge in [0.05, 0.1) is 4.88 Å². The van der Waals surface area contributed by atoms with E-state index in [1.807, 2.05) is 6.92 Å². The number of primary sulfonamides is 1. The van der Waals surface area contributed by atoms with E-state index in [1.54, 1.807) is 13.0 Å². The number of ether oxygens (including phenoxy) is 1. The van der Waals surface area contributed by atoms with Crippen LogP contribution < -0.4 is 20.8 Å². The summed E-state index contributed by atoms with van der Waals surface area (Å²) in [6.45, 7) is 3.54. The highest BCUT2D eigenvalue weighted by molar-refractivity contribution is 7.91. The van der Waals surface area contributed by atoms with Gasteiger partial charge in [-0.2, -0.15) is 0 Å². The van der Waals surface area contributed by atoms with Crippen LogP contribution >= 0.6 is 11.3 Å². The lowest BCUT2D eigenvalue weighted by molar-refractivity contribution is 0.0959. The molecule has 4 aromatic heterocycles. The molecule has 4 heterocycles. The average Bonchev–Trinajstić information content (AvgIpc) is 3.34. The van der Waals surface area contributed by atoms with Gasteiger partial charge in [-0.25, -0.2) is 22.9 Å². The van der Waals surface area contributed by atoms with Crippen LogP contribution in [0.1, 0.15) is 21.6 Å². The number of pyridine rings is 2. The van der Waals surface area contributed by atoms with E-state index >= 15 is 4.39 Å². The van der Waals surface area contributed by atoms with Crippen LogP contribution in [0.2, 0.25) is 0 Å². The predicted molar refractivity (Wildman–Crippen MR) is 125 cm³/mol. The fourth-order valence-corrected chi connectivity index (χ4v) is 5.43. The summed E-state index contributed by atoms with van der Waals surface area (Å²) in [5.74, 6) is -1.97. The molecule has 0 bridgehead atoms. The molecular formula is C21H20FN5O5S2. The smallest absolute Gasteiger partial charge is 0.274 e. The number of nitrogens with one attached hydrogen (secondary N) is 2. The molecule has 13 heteroatoms. The zero-order chi connectivity index (χ0) is 24.9. The lowest BCUT2D eigenvalue weighted by Crippen LogP contribution is -2.19. The standard InChI is InChI=1S/C21H20FN5O5S2/c1-9-5-10(2)19(25-7-9)32-16-14(22)21(34(23,30)31)33-17(16)12-8-27(4)20(29)15-11(12)6-13(26-15)18(28)24-3/h5-8,26H,1-4H3,(H,24,28)(H2,23,30,31). The number of aromatic nitrogens is 3. The minimum Gasteiger partial charge on any atom is -0.434 e. The third-order valence-electron chi connectivity index (χ3n) is 5.08. The molecule has 0 radical (unpaired) electrons. The molecule has 0 spiro atoms. The summed E-state index contributed by atoms with van der Waals surface area (Å²) >= 11 is 0.557. The van der Waals surface area contributed by atoms with Gasteiger partial charge in [0.2, 0.25) is 5.88 Å². The number of aromatic amines is 1. The number of nitrogens with zero attached hydrogens (tertiary/aromatic N) is 2. The molecule has 0 saturated heterocycles. The summed E-state index contributed by atoms with van der Waals surface area (Å²) < 4.78 is 45.9. The number of thiophene rings is 1. The molecule has 34 heavy (non-hydrogen) atoms. The topological polar surface area (TPSA) is 149 Å². The molecule has 0 fully saturated rings. The molecule has 0 atom stereocenters. The molecule has 0 aliphatic rings. The second-order valence-electron chi connectivity index (χ2n) is 7.65. The van der Waals surface area contributed by atoms with Crippen molar-refractivity contribution in [3.8, 4) is 22.1 Å². The molecule has 0 saturated carbocycles. The Morgan fingerprint density at radius 3 is 2.65 bits per heavy atom. The predicted octanol–water partition coefficient (Wildman–Crippen LogP) is 2.55. The largest absolute Gasteiger partial charge is 0.434 e. The van der Waals surface area contributed by atoms with Crippen molar-refractivity contribution in [3.05, 3.63) is 57.5 Å². The van der Waals surface area contributed by atoms with Gasteiger partial charge < -0.3 is 19.6 Å². The maximum atomic E-state index is 15.4. The maximum Gasteiger partial charge on any atom is 0.274 e. The molecule has 4 rings (SSSR count). The van der Waals surface area contributed by atoms with E-state index in [2.05, 4.69) is 15.3 Å². The van der Waals surface area contributed by atoms with E-state index in [-0.39, 0.29) is 32.9 Å². The Balaban J connectivity index is 2.04. The summed E-state index contributed by atoms with van der Waals surface area (Å²) in [7, 11) is -1.53. The fourth-order valence-electron chi connectivity index (χ4n) is 3.51. The number of fused-ring (bicyclic) bond motifs is 1. The van der Waals surface area contributed by atoms with E-state index < -0.39 is 37.3 Å². The van der Waals surface area contributed by atoms with Crippen LogP contribution in [0.15, 0.2) is 33.5 Å². The molecule has 0 aliphatic carbocycles. The SMILES string of the molecule is CNC(=O)c1cc2c(-c3sc(S(N)(=O)=O)c(F)c3Oc3ncc(C)cc3C)cn(C)c(=O)c2[nH]1. The van der Waals surface area contributed by atoms with Crippen LogP contribution in [-0.2, 0) is 17.1 Å². The fraction of sp³-hybridized carbons (Fsp3) is 0.190. The van der Waals surface area contributed by atoms with E-state index in [0.29, 0.717) is 16.9 Å². The van der Waals surface area contributed by atoms with Crippen LogP contribution in [-0.4, -0.2) is 35.9 Å². The van der Waals surface area contributed by atoms with Crippen molar-refractivity contribution in [2.24, 2.45) is 12.2 Å². The van der Waals surface area contributed by atoms with Gasteiger partial charge in [0, 0.05) is 43.0 Å². The number of H-pyrrole nitrogens is 1. The molecule has 4 N–H and O–H groups in total. The Labute approximate surface area is 197 Å². The van der Waals surface area contributed by atoms with Crippen molar-refractivity contribution in [1.82, 2.24) is 19.9 Å². The summed E-state index contributed by atoms with van der Waals surface area (Å²) in [6, 6.07) is 3.21. The Morgan fingerprint density at radius 2 is 2.03 bits per heavy atom. The number of carbonyl (C=O) groups is 1. The van der Waals surface area contributed by atoms with Crippen molar-refractivity contribution in [3.63, 3.8) is 0 Å². The van der Waals surface area contributed by atoms with Gasteiger partial charge in [0.1, 0.15) is 11.2 Å². The minimum atomic E-state index is -4.43. The van der Waals surface area contributed by atoms with Crippen molar-refractivity contribution in [2.75, 3.05) is 7.05 Å². The van der Waals surface area contributed by atoms with Crippen molar-refractivity contribution in [2.45, 2.75) is 18.1 Å². The Kier molecular flexibility index (Phi) is 5.79. The van der Waals surface area contributed by atoms with Crippen LogP contribution in [0.25, 0.3) is 21.3 Å². The normalized spacial score (nSPS) is 11.7. The first-order valence-corrected chi connectivity index (χ1v) is 12.2. The Hall–Kier alpha value is -3.55. The van der Waals surface area contributed by atoms with Crippen LogP contribution in [0.3, 0.4) is 0 Å². The third kappa shape index (κ3) is 3.97. The van der Waals surface area contributed by atoms with Gasteiger partial charge in [-0.1, -0.05) is 0 Å².